The Bertz CT molecular complexity index is 427. The average molecular weight is 240 g/mol. The van der Waals surface area contributed by atoms with E-state index in [2.05, 4.69) is 23.3 Å². The molecule has 0 aliphatic rings. The molecule has 0 aliphatic heterocycles. The summed E-state index contributed by atoms with van der Waals surface area (Å²) in [6, 6.07) is 1.65. The summed E-state index contributed by atoms with van der Waals surface area (Å²) in [6.45, 7) is -0.184. The molecule has 1 aromatic rings. The molecule has 0 radical (unpaired) electrons. The van der Waals surface area contributed by atoms with E-state index in [1.54, 1.807) is 30.1 Å². The van der Waals surface area contributed by atoms with Crippen LogP contribution < -0.4 is 10.6 Å². The van der Waals surface area contributed by atoms with Gasteiger partial charge in [0.25, 0.3) is 5.91 Å². The second kappa shape index (κ2) is 5.36. The first-order chi connectivity index (χ1) is 7.49. The molecule has 0 aromatic carbocycles. The van der Waals surface area contributed by atoms with E-state index >= 15 is 0 Å². The lowest BCUT2D eigenvalue weighted by molar-refractivity contribution is -0.118. The third kappa shape index (κ3) is 3.77. The molecule has 0 atom stereocenters. The van der Waals surface area contributed by atoms with E-state index in [0.29, 0.717) is 5.56 Å². The highest BCUT2D eigenvalue weighted by Crippen LogP contribution is 1.98. The van der Waals surface area contributed by atoms with Crippen LogP contribution in [0.1, 0.15) is 10.4 Å². The summed E-state index contributed by atoms with van der Waals surface area (Å²) >= 11 is 3.59. The lowest BCUT2D eigenvalue weighted by Crippen LogP contribution is -2.38. The SMILES string of the molecule is Cn1ccc(C(=O)NCC(=O)NC(=N)S)c1. The van der Waals surface area contributed by atoms with Gasteiger partial charge in [-0.1, -0.05) is 0 Å². The molecule has 1 heterocycles. The molecule has 0 unspecified atom stereocenters. The summed E-state index contributed by atoms with van der Waals surface area (Å²) in [4.78, 5) is 22.5. The first-order valence-corrected chi connectivity index (χ1v) is 4.91. The fourth-order valence-corrected chi connectivity index (χ4v) is 1.20. The summed E-state index contributed by atoms with van der Waals surface area (Å²) in [5.41, 5.74) is 0.483. The van der Waals surface area contributed by atoms with Crippen LogP contribution in [0.4, 0.5) is 0 Å². The van der Waals surface area contributed by atoms with Gasteiger partial charge in [0.1, 0.15) is 0 Å². The molecule has 0 fully saturated rings. The summed E-state index contributed by atoms with van der Waals surface area (Å²) in [6.07, 6.45) is 3.38. The maximum absolute atomic E-state index is 11.5. The second-order valence-electron chi connectivity index (χ2n) is 3.15. The highest BCUT2D eigenvalue weighted by Gasteiger charge is 2.08. The molecule has 1 rings (SSSR count). The minimum Gasteiger partial charge on any atom is -0.356 e. The Hall–Kier alpha value is -1.76. The standard InChI is InChI=1S/C9H12N4O2S/c1-13-3-2-6(5-13)8(15)11-4-7(14)12-9(10)16/h2-3,5H,4H2,1H3,(H,11,15)(H3,10,12,14,16). The van der Waals surface area contributed by atoms with Crippen molar-refractivity contribution in [2.45, 2.75) is 0 Å². The van der Waals surface area contributed by atoms with Crippen molar-refractivity contribution in [3.8, 4) is 0 Å². The number of amides is 2. The number of aryl methyl sites for hydroxylation is 1. The normalized spacial score (nSPS) is 9.62. The zero-order chi connectivity index (χ0) is 12.1. The predicted octanol–water partition coefficient (Wildman–Crippen LogP) is -0.264. The molecule has 0 saturated heterocycles. The number of hydrogen-bond donors (Lipinski definition) is 4. The fraction of sp³-hybridized carbons (Fsp3) is 0.222. The number of rotatable bonds is 3. The fourth-order valence-electron chi connectivity index (χ4n) is 1.08. The number of nitrogens with zero attached hydrogens (tertiary/aromatic N) is 1. The lowest BCUT2D eigenvalue weighted by Gasteiger charge is -2.03. The third-order valence-corrected chi connectivity index (χ3v) is 1.87. The van der Waals surface area contributed by atoms with Gasteiger partial charge in [0.2, 0.25) is 5.91 Å². The van der Waals surface area contributed by atoms with Crippen LogP contribution in [0.2, 0.25) is 0 Å². The summed E-state index contributed by atoms with van der Waals surface area (Å²) < 4.78 is 1.73. The Kier molecular flexibility index (Phi) is 4.12. The van der Waals surface area contributed by atoms with Crippen LogP contribution in [-0.4, -0.2) is 28.1 Å². The van der Waals surface area contributed by atoms with Crippen LogP contribution >= 0.6 is 12.6 Å². The average Bonchev–Trinajstić information content (AvgIpc) is 2.60. The van der Waals surface area contributed by atoms with Gasteiger partial charge in [0.05, 0.1) is 12.1 Å². The van der Waals surface area contributed by atoms with Crippen molar-refractivity contribution < 1.29 is 9.59 Å². The van der Waals surface area contributed by atoms with Crippen molar-refractivity contribution in [1.29, 1.82) is 5.41 Å². The van der Waals surface area contributed by atoms with Crippen molar-refractivity contribution in [2.24, 2.45) is 7.05 Å². The molecular formula is C9H12N4O2S. The minimum atomic E-state index is -0.482. The van der Waals surface area contributed by atoms with Crippen LogP contribution in [0.3, 0.4) is 0 Å². The van der Waals surface area contributed by atoms with E-state index in [1.807, 2.05) is 0 Å². The molecule has 0 bridgehead atoms. The van der Waals surface area contributed by atoms with Gasteiger partial charge in [-0.2, -0.15) is 0 Å². The highest BCUT2D eigenvalue weighted by atomic mass is 32.1. The van der Waals surface area contributed by atoms with Crippen LogP contribution in [0.5, 0.6) is 0 Å². The first-order valence-electron chi connectivity index (χ1n) is 4.46. The summed E-state index contributed by atoms with van der Waals surface area (Å²) in [5, 5.41) is 11.2. The topological polar surface area (TPSA) is 87.0 Å². The summed E-state index contributed by atoms with van der Waals surface area (Å²) in [7, 11) is 1.80. The minimum absolute atomic E-state index is 0.184. The molecular weight excluding hydrogens is 228 g/mol. The molecule has 6 nitrogen and oxygen atoms in total. The maximum Gasteiger partial charge on any atom is 0.253 e. The second-order valence-corrected chi connectivity index (χ2v) is 3.59. The quantitative estimate of drug-likeness (QED) is 0.333. The molecule has 0 aliphatic carbocycles. The lowest BCUT2D eigenvalue weighted by atomic mass is 10.3. The number of thiol groups is 1. The third-order valence-electron chi connectivity index (χ3n) is 1.76. The zero-order valence-electron chi connectivity index (χ0n) is 8.65. The number of carbonyl (C=O) groups excluding carboxylic acids is 2. The van der Waals surface area contributed by atoms with E-state index in [0.717, 1.165) is 0 Å². The monoisotopic (exact) mass is 240 g/mol. The van der Waals surface area contributed by atoms with Crippen molar-refractivity contribution in [1.82, 2.24) is 15.2 Å². The number of nitrogens with one attached hydrogen (secondary N) is 3. The van der Waals surface area contributed by atoms with Crippen molar-refractivity contribution in [3.05, 3.63) is 24.0 Å². The van der Waals surface area contributed by atoms with Crippen molar-refractivity contribution in [3.63, 3.8) is 0 Å². The van der Waals surface area contributed by atoms with E-state index < -0.39 is 5.91 Å². The van der Waals surface area contributed by atoms with Crippen LogP contribution in [0, 0.1) is 5.41 Å². The van der Waals surface area contributed by atoms with Crippen LogP contribution in [0.15, 0.2) is 18.5 Å². The van der Waals surface area contributed by atoms with E-state index in [1.165, 1.54) is 0 Å². The van der Waals surface area contributed by atoms with E-state index in [-0.39, 0.29) is 17.6 Å². The molecule has 2 amide bonds. The maximum atomic E-state index is 11.5. The Labute approximate surface area is 97.9 Å². The molecule has 3 N–H and O–H groups in total. The van der Waals surface area contributed by atoms with Gasteiger partial charge in [0, 0.05) is 19.4 Å². The molecule has 1 aromatic heterocycles. The van der Waals surface area contributed by atoms with Crippen LogP contribution in [0.25, 0.3) is 0 Å². The van der Waals surface area contributed by atoms with Gasteiger partial charge < -0.3 is 15.2 Å². The Morgan fingerprint density at radius 1 is 1.56 bits per heavy atom. The Morgan fingerprint density at radius 3 is 2.75 bits per heavy atom. The van der Waals surface area contributed by atoms with Gasteiger partial charge in [-0.25, -0.2) is 0 Å². The molecule has 86 valence electrons. The van der Waals surface area contributed by atoms with E-state index in [9.17, 15) is 9.59 Å². The highest BCUT2D eigenvalue weighted by molar-refractivity contribution is 7.96. The predicted molar refractivity (Wildman–Crippen MR) is 62.6 cm³/mol. The molecule has 0 spiro atoms. The Balaban J connectivity index is 2.41. The smallest absolute Gasteiger partial charge is 0.253 e. The summed E-state index contributed by atoms with van der Waals surface area (Å²) in [5.74, 6) is -0.814. The van der Waals surface area contributed by atoms with Gasteiger partial charge in [-0.3, -0.25) is 15.0 Å². The number of hydrogen-bond acceptors (Lipinski definition) is 3. The largest absolute Gasteiger partial charge is 0.356 e. The van der Waals surface area contributed by atoms with Gasteiger partial charge >= 0.3 is 0 Å². The van der Waals surface area contributed by atoms with Crippen molar-refractivity contribution >= 4 is 29.6 Å². The number of amidine groups is 1. The Morgan fingerprint density at radius 2 is 2.25 bits per heavy atom. The number of aromatic nitrogens is 1. The van der Waals surface area contributed by atoms with Gasteiger partial charge in [-0.15, -0.1) is 12.6 Å². The van der Waals surface area contributed by atoms with E-state index in [4.69, 9.17) is 5.41 Å². The first kappa shape index (κ1) is 12.3. The van der Waals surface area contributed by atoms with Gasteiger partial charge in [0.15, 0.2) is 5.17 Å². The molecule has 16 heavy (non-hydrogen) atoms. The van der Waals surface area contributed by atoms with Crippen molar-refractivity contribution in [2.75, 3.05) is 6.54 Å². The van der Waals surface area contributed by atoms with Gasteiger partial charge in [-0.05, 0) is 6.07 Å². The zero-order valence-corrected chi connectivity index (χ0v) is 9.54. The van der Waals surface area contributed by atoms with Crippen LogP contribution in [-0.2, 0) is 11.8 Å². The molecule has 0 saturated carbocycles. The molecule has 7 heteroatoms. The number of carbonyl (C=O) groups is 2.